The molecule has 154 valence electrons. The van der Waals surface area contributed by atoms with E-state index in [2.05, 4.69) is 10.3 Å². The summed E-state index contributed by atoms with van der Waals surface area (Å²) in [4.78, 5) is 16.7. The van der Waals surface area contributed by atoms with Crippen molar-refractivity contribution in [2.75, 3.05) is 11.1 Å². The number of halogens is 5. The molecule has 1 atom stereocenters. The van der Waals surface area contributed by atoms with Crippen LogP contribution in [0.3, 0.4) is 0 Å². The molecule has 0 radical (unpaired) electrons. The molecule has 3 N–H and O–H groups in total. The summed E-state index contributed by atoms with van der Waals surface area (Å²) in [5, 5.41) is 2.60. The molecule has 3 rings (SSSR count). The van der Waals surface area contributed by atoms with Gasteiger partial charge >= 0.3 is 6.18 Å². The molecule has 1 aliphatic rings. The quantitative estimate of drug-likeness (QED) is 0.682. The van der Waals surface area contributed by atoms with Gasteiger partial charge in [-0.05, 0) is 49.2 Å². The van der Waals surface area contributed by atoms with E-state index in [1.165, 1.54) is 23.9 Å². The molecule has 0 saturated heterocycles. The summed E-state index contributed by atoms with van der Waals surface area (Å²) in [6, 6.07) is 5.52. The first-order chi connectivity index (χ1) is 13.5. The molecule has 0 saturated carbocycles. The van der Waals surface area contributed by atoms with Crippen LogP contribution < -0.4 is 11.1 Å². The Bertz CT molecular complexity index is 992. The number of aliphatic imine (C=N–C) groups is 1. The number of amidine groups is 1. The van der Waals surface area contributed by atoms with Crippen molar-refractivity contribution in [3.8, 4) is 0 Å². The fourth-order valence-corrected chi connectivity index (χ4v) is 3.89. The first-order valence-electron chi connectivity index (χ1n) is 8.46. The third-order valence-corrected chi connectivity index (χ3v) is 5.37. The molecular formula is C19H16F5N3OS. The molecule has 0 aromatic heterocycles. The number of alkyl halides is 3. The van der Waals surface area contributed by atoms with Gasteiger partial charge in [-0.1, -0.05) is 17.8 Å². The van der Waals surface area contributed by atoms with Gasteiger partial charge in [-0.2, -0.15) is 13.2 Å². The Labute approximate surface area is 167 Å². The van der Waals surface area contributed by atoms with Crippen molar-refractivity contribution < 1.29 is 26.7 Å². The van der Waals surface area contributed by atoms with E-state index in [4.69, 9.17) is 5.73 Å². The van der Waals surface area contributed by atoms with Crippen LogP contribution in [0, 0.1) is 11.6 Å². The van der Waals surface area contributed by atoms with Gasteiger partial charge < -0.3 is 11.1 Å². The van der Waals surface area contributed by atoms with E-state index in [-0.39, 0.29) is 11.8 Å². The Kier molecular flexibility index (Phi) is 5.57. The number of carbonyl (C=O) groups excluding carboxylic acids is 1. The summed E-state index contributed by atoms with van der Waals surface area (Å²) in [6.45, 7) is 1.81. The molecule has 10 heteroatoms. The average Bonchev–Trinajstić information content (AvgIpc) is 2.62. The molecule has 29 heavy (non-hydrogen) atoms. The van der Waals surface area contributed by atoms with Crippen molar-refractivity contribution in [1.82, 2.24) is 0 Å². The van der Waals surface area contributed by atoms with Crippen molar-refractivity contribution in [2.45, 2.75) is 25.1 Å². The molecule has 0 fully saturated rings. The van der Waals surface area contributed by atoms with Crippen LogP contribution in [0.25, 0.3) is 0 Å². The first kappa shape index (κ1) is 21.1. The zero-order valence-corrected chi connectivity index (χ0v) is 15.9. The van der Waals surface area contributed by atoms with Gasteiger partial charge in [0.05, 0.1) is 22.4 Å². The number of hydrogen-bond acceptors (Lipinski definition) is 4. The van der Waals surface area contributed by atoms with Crippen molar-refractivity contribution in [3.63, 3.8) is 0 Å². The van der Waals surface area contributed by atoms with Crippen LogP contribution in [0.1, 0.15) is 34.8 Å². The lowest BCUT2D eigenvalue weighted by Crippen LogP contribution is -2.29. The Morgan fingerprint density at radius 1 is 1.17 bits per heavy atom. The molecule has 0 aliphatic carbocycles. The minimum atomic E-state index is -4.74. The van der Waals surface area contributed by atoms with Gasteiger partial charge in [0.25, 0.3) is 5.91 Å². The van der Waals surface area contributed by atoms with Crippen molar-refractivity contribution in [1.29, 1.82) is 0 Å². The average molecular weight is 429 g/mol. The number of carbonyl (C=O) groups is 1. The maximum absolute atomic E-state index is 14.2. The molecule has 1 aliphatic heterocycles. The van der Waals surface area contributed by atoms with Gasteiger partial charge in [0.1, 0.15) is 11.6 Å². The fraction of sp³-hybridized carbons (Fsp3) is 0.263. The summed E-state index contributed by atoms with van der Waals surface area (Å²) in [7, 11) is 0. The summed E-state index contributed by atoms with van der Waals surface area (Å²) < 4.78 is 66.2. The minimum absolute atomic E-state index is 0.222. The zero-order chi connectivity index (χ0) is 21.4. The van der Waals surface area contributed by atoms with Gasteiger partial charge in [-0.3, -0.25) is 9.79 Å². The van der Waals surface area contributed by atoms with Crippen LogP contribution in [0.15, 0.2) is 41.4 Å². The van der Waals surface area contributed by atoms with Gasteiger partial charge in [-0.25, -0.2) is 8.78 Å². The molecule has 1 amide bonds. The Hall–Kier alpha value is -2.62. The number of nitrogens with zero attached hydrogens (tertiary/aromatic N) is 1. The third kappa shape index (κ3) is 4.52. The van der Waals surface area contributed by atoms with Crippen LogP contribution >= 0.6 is 11.8 Å². The predicted octanol–water partition coefficient (Wildman–Crippen LogP) is 4.90. The normalized spacial score (nSPS) is 19.6. The van der Waals surface area contributed by atoms with E-state index < -0.39 is 40.4 Å². The summed E-state index contributed by atoms with van der Waals surface area (Å²) in [6.07, 6.45) is -4.11. The Morgan fingerprint density at radius 3 is 2.52 bits per heavy atom. The summed E-state index contributed by atoms with van der Waals surface area (Å²) in [5.41, 5.74) is 3.55. The third-order valence-electron chi connectivity index (χ3n) is 4.57. The molecule has 2 aromatic carbocycles. The number of rotatable bonds is 3. The van der Waals surface area contributed by atoms with E-state index in [0.29, 0.717) is 35.0 Å². The van der Waals surface area contributed by atoms with Crippen molar-refractivity contribution >= 4 is 28.5 Å². The summed E-state index contributed by atoms with van der Waals surface area (Å²) >= 11 is 1.40. The number of nitrogens with two attached hydrogens (primary N) is 1. The van der Waals surface area contributed by atoms with E-state index >= 15 is 0 Å². The maximum atomic E-state index is 14.2. The highest BCUT2D eigenvalue weighted by Crippen LogP contribution is 2.36. The number of hydrogen-bond donors (Lipinski definition) is 2. The summed E-state index contributed by atoms with van der Waals surface area (Å²) in [5.74, 6) is -2.50. The number of amides is 1. The lowest BCUT2D eigenvalue weighted by atomic mass is 9.89. The fourth-order valence-electron chi connectivity index (χ4n) is 2.92. The van der Waals surface area contributed by atoms with E-state index in [1.54, 1.807) is 0 Å². The van der Waals surface area contributed by atoms with Crippen LogP contribution in [0.4, 0.5) is 27.6 Å². The zero-order valence-electron chi connectivity index (χ0n) is 15.1. The van der Waals surface area contributed by atoms with Gasteiger partial charge in [0, 0.05) is 5.75 Å². The Morgan fingerprint density at radius 2 is 1.90 bits per heavy atom. The second kappa shape index (κ2) is 7.66. The number of benzene rings is 2. The molecule has 2 aromatic rings. The standard InChI is InChI=1S/C19H16F5N3OS/c1-18(6-7-29-17(25)27-18)10-3-5-13(20)15(9-10)26-16(28)12-4-2-11(8-14(12)21)19(22,23)24/h2-5,8-9H,6-7H2,1H3,(H2,25,27)(H,26,28). The van der Waals surface area contributed by atoms with Gasteiger partial charge in [0.15, 0.2) is 5.17 Å². The molecule has 0 bridgehead atoms. The first-order valence-corrected chi connectivity index (χ1v) is 9.44. The maximum Gasteiger partial charge on any atom is 0.416 e. The minimum Gasteiger partial charge on any atom is -0.379 e. The molecular weight excluding hydrogens is 413 g/mol. The van der Waals surface area contributed by atoms with Crippen molar-refractivity contribution in [2.24, 2.45) is 10.7 Å². The SMILES string of the molecule is CC1(c2ccc(F)c(NC(=O)c3ccc(C(F)(F)F)cc3F)c2)CCSC(N)=N1. The van der Waals surface area contributed by atoms with Crippen LogP contribution in [-0.4, -0.2) is 16.8 Å². The van der Waals surface area contributed by atoms with E-state index in [0.717, 1.165) is 6.07 Å². The lowest BCUT2D eigenvalue weighted by Gasteiger charge is -2.30. The number of thioether (sulfide) groups is 1. The smallest absolute Gasteiger partial charge is 0.379 e. The Balaban J connectivity index is 1.89. The second-order valence-electron chi connectivity index (χ2n) is 6.66. The van der Waals surface area contributed by atoms with Gasteiger partial charge in [-0.15, -0.1) is 0 Å². The van der Waals surface area contributed by atoms with E-state index in [9.17, 15) is 26.7 Å². The predicted molar refractivity (Wildman–Crippen MR) is 102 cm³/mol. The van der Waals surface area contributed by atoms with E-state index in [1.807, 2.05) is 6.92 Å². The lowest BCUT2D eigenvalue weighted by molar-refractivity contribution is -0.137. The highest BCUT2D eigenvalue weighted by atomic mass is 32.2. The molecule has 1 unspecified atom stereocenters. The number of anilines is 1. The highest BCUT2D eigenvalue weighted by Gasteiger charge is 2.32. The molecule has 0 spiro atoms. The van der Waals surface area contributed by atoms with Crippen LogP contribution in [0.2, 0.25) is 0 Å². The highest BCUT2D eigenvalue weighted by molar-refractivity contribution is 8.13. The second-order valence-corrected chi connectivity index (χ2v) is 7.78. The monoisotopic (exact) mass is 429 g/mol. The molecule has 1 heterocycles. The van der Waals surface area contributed by atoms with Crippen molar-refractivity contribution in [3.05, 3.63) is 64.7 Å². The number of nitrogens with one attached hydrogen (secondary N) is 1. The van der Waals surface area contributed by atoms with Crippen LogP contribution in [-0.2, 0) is 11.7 Å². The topological polar surface area (TPSA) is 67.5 Å². The largest absolute Gasteiger partial charge is 0.416 e. The van der Waals surface area contributed by atoms with Gasteiger partial charge in [0.2, 0.25) is 0 Å². The molecule has 4 nitrogen and oxygen atoms in total. The van der Waals surface area contributed by atoms with Crippen LogP contribution in [0.5, 0.6) is 0 Å².